The monoisotopic (exact) mass is 189 g/mol. The van der Waals surface area contributed by atoms with Crippen LogP contribution < -0.4 is 5.32 Å². The third kappa shape index (κ3) is 2.47. The minimum absolute atomic E-state index is 0.0245. The molecule has 2 N–H and O–H groups in total. The van der Waals surface area contributed by atoms with Crippen LogP contribution >= 0.6 is 11.6 Å². The van der Waals surface area contributed by atoms with Gasteiger partial charge in [-0.3, -0.25) is 0 Å². The van der Waals surface area contributed by atoms with Crippen molar-refractivity contribution in [3.63, 3.8) is 0 Å². The van der Waals surface area contributed by atoms with E-state index in [4.69, 9.17) is 16.7 Å². The molecule has 3 heteroatoms. The molecule has 1 aliphatic carbocycles. The van der Waals surface area contributed by atoms with E-state index in [0.29, 0.717) is 5.88 Å². The Balaban J connectivity index is 2.16. The molecule has 0 unspecified atom stereocenters. The molecule has 0 bridgehead atoms. The highest BCUT2D eigenvalue weighted by atomic mass is 35.5. The molecule has 1 aliphatic rings. The molecular formula is C9H16ClNO. The number of rotatable bonds is 5. The first-order valence-electron chi connectivity index (χ1n) is 4.40. The van der Waals surface area contributed by atoms with Gasteiger partial charge in [-0.25, -0.2) is 0 Å². The number of hydrogen-bond donors (Lipinski definition) is 2. The topological polar surface area (TPSA) is 32.3 Å². The Bertz CT molecular complexity index is 149. The summed E-state index contributed by atoms with van der Waals surface area (Å²) in [4.78, 5) is 0. The molecule has 2 nitrogen and oxygen atoms in total. The predicted molar refractivity (Wildman–Crippen MR) is 51.5 cm³/mol. The fourth-order valence-corrected chi connectivity index (χ4v) is 1.54. The zero-order valence-electron chi connectivity index (χ0n) is 7.22. The van der Waals surface area contributed by atoms with Gasteiger partial charge < -0.3 is 10.4 Å². The van der Waals surface area contributed by atoms with Crippen LogP contribution in [-0.2, 0) is 0 Å². The largest absolute Gasteiger partial charge is 0.394 e. The molecule has 0 aromatic rings. The highest BCUT2D eigenvalue weighted by molar-refractivity contribution is 6.18. The van der Waals surface area contributed by atoms with Crippen molar-refractivity contribution >= 4 is 11.6 Å². The van der Waals surface area contributed by atoms with Crippen molar-refractivity contribution in [3.8, 4) is 0 Å². The van der Waals surface area contributed by atoms with E-state index < -0.39 is 0 Å². The van der Waals surface area contributed by atoms with Gasteiger partial charge in [0.15, 0.2) is 0 Å². The molecule has 0 radical (unpaired) electrons. The molecule has 0 aromatic heterocycles. The van der Waals surface area contributed by atoms with Crippen molar-refractivity contribution < 1.29 is 5.11 Å². The first-order valence-corrected chi connectivity index (χ1v) is 4.93. The maximum atomic E-state index is 9.08. The van der Waals surface area contributed by atoms with Gasteiger partial charge in [0.25, 0.3) is 0 Å². The van der Waals surface area contributed by atoms with Crippen LogP contribution in [0.3, 0.4) is 0 Å². The van der Waals surface area contributed by atoms with E-state index in [0.717, 1.165) is 19.4 Å². The number of halogens is 1. The quantitative estimate of drug-likeness (QED) is 0.505. The highest BCUT2D eigenvalue weighted by Crippen LogP contribution is 2.30. The van der Waals surface area contributed by atoms with Crippen molar-refractivity contribution in [2.75, 3.05) is 19.0 Å². The van der Waals surface area contributed by atoms with Gasteiger partial charge in [0, 0.05) is 18.0 Å². The second kappa shape index (κ2) is 4.85. The van der Waals surface area contributed by atoms with Crippen LogP contribution in [-0.4, -0.2) is 29.7 Å². The lowest BCUT2D eigenvalue weighted by atomic mass is 9.77. The smallest absolute Gasteiger partial charge is 0.0613 e. The van der Waals surface area contributed by atoms with Gasteiger partial charge in [0.2, 0.25) is 0 Å². The van der Waals surface area contributed by atoms with Crippen molar-refractivity contribution in [1.29, 1.82) is 0 Å². The molecule has 1 fully saturated rings. The lowest BCUT2D eigenvalue weighted by Gasteiger charge is -2.41. The Morgan fingerprint density at radius 1 is 1.42 bits per heavy atom. The van der Waals surface area contributed by atoms with Gasteiger partial charge in [0.05, 0.1) is 6.61 Å². The molecule has 0 amide bonds. The Morgan fingerprint density at radius 3 is 2.58 bits per heavy atom. The molecule has 0 aliphatic heterocycles. The first-order chi connectivity index (χ1) is 5.83. The summed E-state index contributed by atoms with van der Waals surface area (Å²) in [5.41, 5.74) is 0.0245. The standard InChI is InChI=1S/C9H16ClNO/c10-6-1-2-7-11-9(8-12)4-3-5-9/h1-2,11-12H,3-8H2/b2-1+. The average molecular weight is 190 g/mol. The van der Waals surface area contributed by atoms with Crippen LogP contribution in [0.1, 0.15) is 19.3 Å². The van der Waals surface area contributed by atoms with Gasteiger partial charge in [-0.15, -0.1) is 11.6 Å². The van der Waals surface area contributed by atoms with E-state index in [-0.39, 0.29) is 12.1 Å². The second-order valence-corrected chi connectivity index (χ2v) is 3.61. The summed E-state index contributed by atoms with van der Waals surface area (Å²) in [6.07, 6.45) is 7.34. The van der Waals surface area contributed by atoms with Crippen LogP contribution in [0, 0.1) is 0 Å². The average Bonchev–Trinajstić information content (AvgIpc) is 2.02. The van der Waals surface area contributed by atoms with E-state index in [1.165, 1.54) is 6.42 Å². The third-order valence-electron chi connectivity index (χ3n) is 2.46. The molecule has 12 heavy (non-hydrogen) atoms. The molecule has 0 atom stereocenters. The second-order valence-electron chi connectivity index (χ2n) is 3.30. The van der Waals surface area contributed by atoms with Gasteiger partial charge in [-0.1, -0.05) is 12.2 Å². The zero-order chi connectivity index (χ0) is 8.86. The maximum Gasteiger partial charge on any atom is 0.0613 e. The summed E-state index contributed by atoms with van der Waals surface area (Å²) in [7, 11) is 0. The third-order valence-corrected chi connectivity index (χ3v) is 2.64. The zero-order valence-corrected chi connectivity index (χ0v) is 7.98. The number of alkyl halides is 1. The lowest BCUT2D eigenvalue weighted by molar-refractivity contribution is 0.0926. The molecule has 0 aromatic carbocycles. The molecule has 1 saturated carbocycles. The van der Waals surface area contributed by atoms with Crippen molar-refractivity contribution in [3.05, 3.63) is 12.2 Å². The van der Waals surface area contributed by atoms with Crippen molar-refractivity contribution in [2.45, 2.75) is 24.8 Å². The van der Waals surface area contributed by atoms with Crippen LogP contribution in [0.5, 0.6) is 0 Å². The fraction of sp³-hybridized carbons (Fsp3) is 0.778. The Morgan fingerprint density at radius 2 is 2.17 bits per heavy atom. The molecule has 0 heterocycles. The number of nitrogens with one attached hydrogen (secondary N) is 1. The summed E-state index contributed by atoms with van der Waals surface area (Å²) >= 11 is 5.47. The molecule has 1 rings (SSSR count). The molecule has 0 spiro atoms. The van der Waals surface area contributed by atoms with Crippen LogP contribution in [0.4, 0.5) is 0 Å². The minimum atomic E-state index is 0.0245. The normalized spacial score (nSPS) is 21.2. The lowest BCUT2D eigenvalue weighted by Crippen LogP contribution is -2.53. The van der Waals surface area contributed by atoms with Gasteiger partial charge in [0.1, 0.15) is 0 Å². The van der Waals surface area contributed by atoms with Crippen LogP contribution in [0.25, 0.3) is 0 Å². The van der Waals surface area contributed by atoms with E-state index in [9.17, 15) is 0 Å². The van der Waals surface area contributed by atoms with Gasteiger partial charge in [-0.2, -0.15) is 0 Å². The molecule has 0 saturated heterocycles. The first kappa shape index (κ1) is 10.0. The number of allylic oxidation sites excluding steroid dienone is 1. The van der Waals surface area contributed by atoms with E-state index >= 15 is 0 Å². The fourth-order valence-electron chi connectivity index (χ4n) is 1.42. The Kier molecular flexibility index (Phi) is 4.06. The minimum Gasteiger partial charge on any atom is -0.394 e. The van der Waals surface area contributed by atoms with E-state index in [1.54, 1.807) is 0 Å². The summed E-state index contributed by atoms with van der Waals surface area (Å²) in [5, 5.41) is 12.4. The van der Waals surface area contributed by atoms with Gasteiger partial charge >= 0.3 is 0 Å². The van der Waals surface area contributed by atoms with Gasteiger partial charge in [-0.05, 0) is 19.3 Å². The molecular weight excluding hydrogens is 174 g/mol. The van der Waals surface area contributed by atoms with Crippen LogP contribution in [0.15, 0.2) is 12.2 Å². The van der Waals surface area contributed by atoms with Crippen molar-refractivity contribution in [2.24, 2.45) is 0 Å². The van der Waals surface area contributed by atoms with Crippen LogP contribution in [0.2, 0.25) is 0 Å². The maximum absolute atomic E-state index is 9.08. The summed E-state index contributed by atoms with van der Waals surface area (Å²) in [6.45, 7) is 1.06. The Hall–Kier alpha value is -0.0500. The highest BCUT2D eigenvalue weighted by Gasteiger charge is 2.34. The SMILES string of the molecule is OCC1(NC/C=C/CCl)CCC1. The number of aliphatic hydroxyl groups is 1. The van der Waals surface area contributed by atoms with Crippen molar-refractivity contribution in [1.82, 2.24) is 5.32 Å². The summed E-state index contributed by atoms with van der Waals surface area (Å²) in [6, 6.07) is 0. The number of hydrogen-bond acceptors (Lipinski definition) is 2. The number of aliphatic hydroxyl groups excluding tert-OH is 1. The summed E-state index contributed by atoms with van der Waals surface area (Å²) in [5.74, 6) is 0.563. The van der Waals surface area contributed by atoms with E-state index in [2.05, 4.69) is 5.32 Å². The molecule has 70 valence electrons. The summed E-state index contributed by atoms with van der Waals surface area (Å²) < 4.78 is 0. The van der Waals surface area contributed by atoms with E-state index in [1.807, 2.05) is 12.2 Å². The Labute approximate surface area is 78.6 Å². The predicted octanol–water partition coefficient (Wildman–Crippen LogP) is 1.29.